The lowest BCUT2D eigenvalue weighted by Gasteiger charge is -2.29. The van der Waals surface area contributed by atoms with Crippen LogP contribution >= 0.6 is 15.9 Å². The zero-order chi connectivity index (χ0) is 23.1. The number of para-hydroxylation sites is 1. The van der Waals surface area contributed by atoms with E-state index in [0.29, 0.717) is 17.0 Å². The summed E-state index contributed by atoms with van der Waals surface area (Å²) in [5.41, 5.74) is 2.42. The van der Waals surface area contributed by atoms with Gasteiger partial charge in [-0.3, -0.25) is 14.4 Å². The first-order valence-electron chi connectivity index (χ1n) is 10.3. The summed E-state index contributed by atoms with van der Waals surface area (Å²) in [6.07, 6.45) is -0.959. The quantitative estimate of drug-likeness (QED) is 0.491. The number of rotatable bonds is 4. The lowest BCUT2D eigenvalue weighted by Crippen LogP contribution is -2.37. The smallest absolute Gasteiger partial charge is 0.266 e. The Morgan fingerprint density at radius 3 is 2.33 bits per heavy atom. The molecule has 164 valence electrons. The number of halogens is 1. The van der Waals surface area contributed by atoms with Crippen molar-refractivity contribution in [2.75, 3.05) is 17.1 Å². The molecule has 0 spiro atoms. The molecule has 3 atom stereocenters. The highest BCUT2D eigenvalue weighted by Gasteiger charge is 2.60. The normalized spacial score (nSPS) is 21.8. The van der Waals surface area contributed by atoms with E-state index in [1.54, 1.807) is 36.4 Å². The summed E-state index contributed by atoms with van der Waals surface area (Å²) in [5.74, 6) is -0.849. The summed E-state index contributed by atoms with van der Waals surface area (Å²) < 4.78 is 6.08. The van der Waals surface area contributed by atoms with Gasteiger partial charge in [0.1, 0.15) is 11.7 Å². The van der Waals surface area contributed by atoms with Crippen LogP contribution in [0.4, 0.5) is 11.4 Å². The van der Waals surface area contributed by atoms with Crippen LogP contribution in [0.1, 0.15) is 17.2 Å². The third kappa shape index (κ3) is 3.46. The molecule has 3 unspecified atom stereocenters. The number of ether oxygens (including phenoxy) is 1. The number of nitriles is 1. The van der Waals surface area contributed by atoms with Crippen LogP contribution < -0.4 is 14.7 Å². The Balaban J connectivity index is 1.58. The molecule has 0 saturated carbocycles. The molecule has 2 saturated heterocycles. The number of carbonyl (C=O) groups excluding carboxylic acids is 2. The van der Waals surface area contributed by atoms with Gasteiger partial charge in [0.25, 0.3) is 5.91 Å². The summed E-state index contributed by atoms with van der Waals surface area (Å²) in [4.78, 5) is 34.2. The van der Waals surface area contributed by atoms with Gasteiger partial charge < -0.3 is 4.74 Å². The van der Waals surface area contributed by atoms with Crippen molar-refractivity contribution < 1.29 is 19.2 Å². The monoisotopic (exact) mass is 503 g/mol. The molecule has 0 bridgehead atoms. The predicted molar refractivity (Wildman–Crippen MR) is 124 cm³/mol. The first-order chi connectivity index (χ1) is 16.0. The minimum Gasteiger partial charge on any atom is -0.496 e. The average molecular weight is 504 g/mol. The highest BCUT2D eigenvalue weighted by molar-refractivity contribution is 9.10. The van der Waals surface area contributed by atoms with Gasteiger partial charge in [0.15, 0.2) is 6.10 Å². The number of anilines is 2. The number of imide groups is 1. The maximum Gasteiger partial charge on any atom is 0.266 e. The van der Waals surface area contributed by atoms with Gasteiger partial charge in [0, 0.05) is 0 Å². The first-order valence-corrected chi connectivity index (χ1v) is 11.0. The molecule has 5 rings (SSSR count). The van der Waals surface area contributed by atoms with E-state index in [4.69, 9.17) is 14.8 Å². The Labute approximate surface area is 198 Å². The average Bonchev–Trinajstić information content (AvgIpc) is 3.35. The summed E-state index contributed by atoms with van der Waals surface area (Å²) in [6, 6.07) is 22.8. The van der Waals surface area contributed by atoms with Crippen LogP contribution in [-0.2, 0) is 14.4 Å². The molecule has 0 aromatic heterocycles. The standard InChI is InChI=1S/C25H18BrN3O4/c1-32-20-12-9-16(13-19(20)26)22-21-23(33-29(22)18-5-3-2-4-6-18)25(31)28(24(21)30)17-10-7-15(14-27)8-11-17/h2-13,21-23H,1H3. The Hall–Kier alpha value is -3.67. The van der Waals surface area contributed by atoms with E-state index in [2.05, 4.69) is 15.9 Å². The third-order valence-corrected chi connectivity index (χ3v) is 6.52. The molecule has 0 aliphatic carbocycles. The number of hydroxylamine groups is 1. The Morgan fingerprint density at radius 2 is 1.70 bits per heavy atom. The van der Waals surface area contributed by atoms with E-state index in [1.807, 2.05) is 54.6 Å². The Morgan fingerprint density at radius 1 is 0.970 bits per heavy atom. The highest BCUT2D eigenvalue weighted by Crippen LogP contribution is 2.48. The van der Waals surface area contributed by atoms with Crippen LogP contribution in [0.3, 0.4) is 0 Å². The van der Waals surface area contributed by atoms with Crippen molar-refractivity contribution in [1.82, 2.24) is 0 Å². The molecule has 2 fully saturated rings. The number of hydrogen-bond donors (Lipinski definition) is 0. The fraction of sp³-hybridized carbons (Fsp3) is 0.160. The third-order valence-electron chi connectivity index (χ3n) is 5.90. The van der Waals surface area contributed by atoms with Crippen LogP contribution in [0.5, 0.6) is 5.75 Å². The van der Waals surface area contributed by atoms with E-state index in [0.717, 1.165) is 20.6 Å². The van der Waals surface area contributed by atoms with Crippen molar-refractivity contribution in [2.45, 2.75) is 12.1 Å². The second-order valence-corrected chi connectivity index (χ2v) is 8.58. The van der Waals surface area contributed by atoms with Gasteiger partial charge in [-0.05, 0) is 70.0 Å². The van der Waals surface area contributed by atoms with Gasteiger partial charge in [0.05, 0.1) is 40.6 Å². The second-order valence-electron chi connectivity index (χ2n) is 7.72. The number of fused-ring (bicyclic) bond motifs is 1. The van der Waals surface area contributed by atoms with Crippen molar-refractivity contribution >= 4 is 39.1 Å². The lowest BCUT2D eigenvalue weighted by molar-refractivity contribution is -0.126. The fourth-order valence-electron chi connectivity index (χ4n) is 4.36. The topological polar surface area (TPSA) is 82.9 Å². The van der Waals surface area contributed by atoms with E-state index in [-0.39, 0.29) is 5.91 Å². The van der Waals surface area contributed by atoms with Gasteiger partial charge in [0.2, 0.25) is 5.91 Å². The van der Waals surface area contributed by atoms with Gasteiger partial charge in [-0.15, -0.1) is 0 Å². The number of nitrogens with zero attached hydrogens (tertiary/aromatic N) is 3. The molecular formula is C25H18BrN3O4. The molecule has 0 N–H and O–H groups in total. The summed E-state index contributed by atoms with van der Waals surface area (Å²) in [5, 5.41) is 10.7. The zero-order valence-corrected chi connectivity index (χ0v) is 19.1. The van der Waals surface area contributed by atoms with Gasteiger partial charge in [-0.1, -0.05) is 24.3 Å². The largest absolute Gasteiger partial charge is 0.496 e. The number of hydrogen-bond acceptors (Lipinski definition) is 6. The number of amides is 2. The number of carbonyl (C=O) groups is 2. The minimum atomic E-state index is -0.959. The molecule has 2 amide bonds. The fourth-order valence-corrected chi connectivity index (χ4v) is 4.92. The maximum absolute atomic E-state index is 13.6. The molecule has 33 heavy (non-hydrogen) atoms. The SMILES string of the molecule is COc1ccc(C2C3C(=O)N(c4ccc(C#N)cc4)C(=O)C3ON2c2ccccc2)cc1Br. The molecule has 2 aliphatic rings. The molecule has 2 aliphatic heterocycles. The van der Waals surface area contributed by atoms with Gasteiger partial charge in [-0.25, -0.2) is 9.96 Å². The molecule has 2 heterocycles. The zero-order valence-electron chi connectivity index (χ0n) is 17.5. The Bertz CT molecular complexity index is 1270. The summed E-state index contributed by atoms with van der Waals surface area (Å²) in [6.45, 7) is 0. The lowest BCUT2D eigenvalue weighted by atomic mass is 9.90. The molecular weight excluding hydrogens is 486 g/mol. The second kappa shape index (κ2) is 8.35. The Kier molecular flexibility index (Phi) is 5.36. The van der Waals surface area contributed by atoms with Crippen molar-refractivity contribution in [3.8, 4) is 11.8 Å². The van der Waals surface area contributed by atoms with E-state index in [9.17, 15) is 9.59 Å². The minimum absolute atomic E-state index is 0.343. The van der Waals surface area contributed by atoms with Crippen LogP contribution in [-0.4, -0.2) is 25.0 Å². The van der Waals surface area contributed by atoms with Crippen LogP contribution in [0, 0.1) is 17.2 Å². The number of methoxy groups -OCH3 is 1. The van der Waals surface area contributed by atoms with E-state index < -0.39 is 24.0 Å². The molecule has 3 aromatic rings. The summed E-state index contributed by atoms with van der Waals surface area (Å²) in [7, 11) is 1.58. The van der Waals surface area contributed by atoms with Crippen molar-refractivity contribution in [2.24, 2.45) is 5.92 Å². The van der Waals surface area contributed by atoms with E-state index in [1.165, 1.54) is 0 Å². The van der Waals surface area contributed by atoms with Crippen molar-refractivity contribution in [3.63, 3.8) is 0 Å². The molecule has 8 heteroatoms. The van der Waals surface area contributed by atoms with E-state index >= 15 is 0 Å². The van der Waals surface area contributed by atoms with Crippen LogP contribution in [0.2, 0.25) is 0 Å². The first kappa shape index (κ1) is 21.2. The van der Waals surface area contributed by atoms with Crippen LogP contribution in [0.25, 0.3) is 0 Å². The van der Waals surface area contributed by atoms with Crippen molar-refractivity contribution in [1.29, 1.82) is 5.26 Å². The van der Waals surface area contributed by atoms with Crippen LogP contribution in [0.15, 0.2) is 77.3 Å². The molecule has 0 radical (unpaired) electrons. The predicted octanol–water partition coefficient (Wildman–Crippen LogP) is 4.38. The molecule has 7 nitrogen and oxygen atoms in total. The van der Waals surface area contributed by atoms with Crippen molar-refractivity contribution in [3.05, 3.63) is 88.4 Å². The molecule has 3 aromatic carbocycles. The number of benzene rings is 3. The highest BCUT2D eigenvalue weighted by atomic mass is 79.9. The maximum atomic E-state index is 13.6. The van der Waals surface area contributed by atoms with Gasteiger partial charge >= 0.3 is 0 Å². The summed E-state index contributed by atoms with van der Waals surface area (Å²) >= 11 is 3.52. The van der Waals surface area contributed by atoms with Gasteiger partial charge in [-0.2, -0.15) is 5.26 Å².